The van der Waals surface area contributed by atoms with E-state index in [1.165, 1.54) is 5.56 Å². The summed E-state index contributed by atoms with van der Waals surface area (Å²) in [4.78, 5) is 14.5. The largest absolute Gasteiger partial charge is 0.467 e. The van der Waals surface area contributed by atoms with Crippen LogP contribution in [0.25, 0.3) is 10.9 Å². The Balaban J connectivity index is 0.00000231. The summed E-state index contributed by atoms with van der Waals surface area (Å²) in [5.74, 6) is 2.52. The summed E-state index contributed by atoms with van der Waals surface area (Å²) in [6.45, 7) is 5.42. The van der Waals surface area contributed by atoms with Crippen LogP contribution in [-0.2, 0) is 13.1 Å². The second kappa shape index (κ2) is 9.81. The molecule has 1 aliphatic heterocycles. The Bertz CT molecular complexity index is 1100. The molecule has 3 heterocycles. The van der Waals surface area contributed by atoms with Crippen LogP contribution in [-0.4, -0.2) is 41.0 Å². The molecule has 0 radical (unpaired) electrons. The normalized spacial score (nSPS) is 14.4. The van der Waals surface area contributed by atoms with Gasteiger partial charge in [0.2, 0.25) is 5.95 Å². The maximum Gasteiger partial charge on any atom is 0.227 e. The molecule has 0 amide bonds. The summed E-state index contributed by atoms with van der Waals surface area (Å²) in [7, 11) is 0. The van der Waals surface area contributed by atoms with E-state index in [1.54, 1.807) is 6.26 Å². The Hall–Kier alpha value is -3.09. The SMILES string of the molecule is Cl.c1ccc(CN2CCN(c3nc(NCc4ccco4)c4ccccc4n3)CC2)cc1. The van der Waals surface area contributed by atoms with E-state index in [0.29, 0.717) is 6.54 Å². The van der Waals surface area contributed by atoms with Crippen LogP contribution in [0, 0.1) is 0 Å². The third-order valence-electron chi connectivity index (χ3n) is 5.51. The number of para-hydroxylation sites is 1. The van der Waals surface area contributed by atoms with Crippen molar-refractivity contribution in [2.45, 2.75) is 13.1 Å². The number of hydrogen-bond donors (Lipinski definition) is 1. The molecule has 1 N–H and O–H groups in total. The zero-order chi connectivity index (χ0) is 20.2. The highest BCUT2D eigenvalue weighted by molar-refractivity contribution is 5.90. The number of piperazine rings is 1. The Morgan fingerprint density at radius 3 is 2.39 bits per heavy atom. The first-order valence-corrected chi connectivity index (χ1v) is 10.4. The highest BCUT2D eigenvalue weighted by atomic mass is 35.5. The van der Waals surface area contributed by atoms with Crippen molar-refractivity contribution in [2.24, 2.45) is 0 Å². The fourth-order valence-corrected chi connectivity index (χ4v) is 3.87. The first-order valence-electron chi connectivity index (χ1n) is 10.4. The Kier molecular flexibility index (Phi) is 6.70. The second-order valence-electron chi connectivity index (χ2n) is 7.57. The van der Waals surface area contributed by atoms with Crippen molar-refractivity contribution in [1.29, 1.82) is 0 Å². The fourth-order valence-electron chi connectivity index (χ4n) is 3.87. The van der Waals surface area contributed by atoms with Gasteiger partial charge in [-0.05, 0) is 29.8 Å². The zero-order valence-corrected chi connectivity index (χ0v) is 18.1. The molecular formula is C24H26ClN5O. The van der Waals surface area contributed by atoms with Gasteiger partial charge < -0.3 is 14.6 Å². The molecule has 7 heteroatoms. The lowest BCUT2D eigenvalue weighted by Crippen LogP contribution is -2.46. The minimum atomic E-state index is 0. The molecular weight excluding hydrogens is 410 g/mol. The van der Waals surface area contributed by atoms with Gasteiger partial charge in [0, 0.05) is 38.1 Å². The van der Waals surface area contributed by atoms with Crippen molar-refractivity contribution in [3.63, 3.8) is 0 Å². The number of nitrogens with one attached hydrogen (secondary N) is 1. The van der Waals surface area contributed by atoms with E-state index < -0.39 is 0 Å². The minimum absolute atomic E-state index is 0. The molecule has 31 heavy (non-hydrogen) atoms. The third-order valence-corrected chi connectivity index (χ3v) is 5.51. The number of nitrogens with zero attached hydrogens (tertiary/aromatic N) is 4. The lowest BCUT2D eigenvalue weighted by atomic mass is 10.2. The molecule has 5 rings (SSSR count). The van der Waals surface area contributed by atoms with Gasteiger partial charge in [-0.3, -0.25) is 4.90 Å². The van der Waals surface area contributed by atoms with Gasteiger partial charge in [0.25, 0.3) is 0 Å². The minimum Gasteiger partial charge on any atom is -0.467 e. The Morgan fingerprint density at radius 2 is 1.61 bits per heavy atom. The predicted molar refractivity (Wildman–Crippen MR) is 127 cm³/mol. The molecule has 1 fully saturated rings. The first kappa shape index (κ1) is 21.2. The van der Waals surface area contributed by atoms with Crippen LogP contribution in [0.3, 0.4) is 0 Å². The smallest absolute Gasteiger partial charge is 0.227 e. The molecule has 6 nitrogen and oxygen atoms in total. The van der Waals surface area contributed by atoms with Crippen LogP contribution in [0.1, 0.15) is 11.3 Å². The summed E-state index contributed by atoms with van der Waals surface area (Å²) >= 11 is 0. The average Bonchev–Trinajstić information content (AvgIpc) is 3.32. The number of aromatic nitrogens is 2. The molecule has 160 valence electrons. The van der Waals surface area contributed by atoms with Crippen molar-refractivity contribution in [1.82, 2.24) is 14.9 Å². The van der Waals surface area contributed by atoms with Crippen LogP contribution >= 0.6 is 12.4 Å². The summed E-state index contributed by atoms with van der Waals surface area (Å²) in [6.07, 6.45) is 1.69. The standard InChI is InChI=1S/C24H25N5O.ClH/c1-2-7-19(8-3-1)18-28-12-14-29(15-13-28)24-26-22-11-5-4-10-21(22)23(27-24)25-17-20-9-6-16-30-20;/h1-11,16H,12-15,17-18H2,(H,25,26,27);1H. The molecule has 0 saturated carbocycles. The highest BCUT2D eigenvalue weighted by Crippen LogP contribution is 2.25. The number of hydrogen-bond acceptors (Lipinski definition) is 6. The summed E-state index contributed by atoms with van der Waals surface area (Å²) in [5, 5.41) is 4.45. The van der Waals surface area contributed by atoms with Crippen LogP contribution in [0.5, 0.6) is 0 Å². The summed E-state index contributed by atoms with van der Waals surface area (Å²) in [6, 6.07) is 22.7. The van der Waals surface area contributed by atoms with Gasteiger partial charge in [0.15, 0.2) is 0 Å². The molecule has 4 aromatic rings. The van der Waals surface area contributed by atoms with Gasteiger partial charge in [-0.1, -0.05) is 42.5 Å². The van der Waals surface area contributed by atoms with Crippen molar-refractivity contribution >= 4 is 35.1 Å². The number of rotatable bonds is 6. The van der Waals surface area contributed by atoms with Crippen LogP contribution in [0.15, 0.2) is 77.4 Å². The molecule has 0 unspecified atom stereocenters. The van der Waals surface area contributed by atoms with Gasteiger partial charge in [-0.25, -0.2) is 4.98 Å². The Labute approximate surface area is 188 Å². The van der Waals surface area contributed by atoms with Crippen LogP contribution < -0.4 is 10.2 Å². The molecule has 2 aromatic carbocycles. The van der Waals surface area contributed by atoms with E-state index in [2.05, 4.69) is 51.5 Å². The lowest BCUT2D eigenvalue weighted by molar-refractivity contribution is 0.249. The van der Waals surface area contributed by atoms with E-state index in [0.717, 1.165) is 61.2 Å². The average molecular weight is 436 g/mol. The van der Waals surface area contributed by atoms with Gasteiger partial charge >= 0.3 is 0 Å². The van der Waals surface area contributed by atoms with Crippen molar-refractivity contribution in [2.75, 3.05) is 36.4 Å². The molecule has 0 bridgehead atoms. The molecule has 1 aliphatic rings. The third kappa shape index (κ3) is 4.98. The number of benzene rings is 2. The van der Waals surface area contributed by atoms with Crippen molar-refractivity contribution in [3.05, 3.63) is 84.3 Å². The van der Waals surface area contributed by atoms with E-state index in [1.807, 2.05) is 30.3 Å². The molecule has 0 atom stereocenters. The zero-order valence-electron chi connectivity index (χ0n) is 17.3. The predicted octanol–water partition coefficient (Wildman–Crippen LogP) is 4.58. The quantitative estimate of drug-likeness (QED) is 0.478. The van der Waals surface area contributed by atoms with Gasteiger partial charge in [-0.2, -0.15) is 4.98 Å². The molecule has 0 spiro atoms. The highest BCUT2D eigenvalue weighted by Gasteiger charge is 2.20. The van der Waals surface area contributed by atoms with Gasteiger partial charge in [0.05, 0.1) is 18.3 Å². The first-order chi connectivity index (χ1) is 14.8. The number of anilines is 2. The second-order valence-corrected chi connectivity index (χ2v) is 7.57. The maximum absolute atomic E-state index is 5.45. The number of fused-ring (bicyclic) bond motifs is 1. The van der Waals surface area contributed by atoms with E-state index in [9.17, 15) is 0 Å². The monoisotopic (exact) mass is 435 g/mol. The molecule has 0 aliphatic carbocycles. The van der Waals surface area contributed by atoms with Gasteiger partial charge in [0.1, 0.15) is 11.6 Å². The van der Waals surface area contributed by atoms with Crippen LogP contribution in [0.4, 0.5) is 11.8 Å². The molecule has 1 saturated heterocycles. The number of furan rings is 1. The lowest BCUT2D eigenvalue weighted by Gasteiger charge is -2.35. The van der Waals surface area contributed by atoms with Crippen molar-refractivity contribution in [3.8, 4) is 0 Å². The summed E-state index contributed by atoms with van der Waals surface area (Å²) in [5.41, 5.74) is 2.31. The molecule has 2 aromatic heterocycles. The summed E-state index contributed by atoms with van der Waals surface area (Å²) < 4.78 is 5.45. The fraction of sp³-hybridized carbons (Fsp3) is 0.250. The van der Waals surface area contributed by atoms with Crippen molar-refractivity contribution < 1.29 is 4.42 Å². The topological polar surface area (TPSA) is 57.4 Å². The maximum atomic E-state index is 5.45. The van der Waals surface area contributed by atoms with Crippen LogP contribution in [0.2, 0.25) is 0 Å². The van der Waals surface area contributed by atoms with E-state index in [-0.39, 0.29) is 12.4 Å². The van der Waals surface area contributed by atoms with E-state index >= 15 is 0 Å². The number of halogens is 1. The van der Waals surface area contributed by atoms with Gasteiger partial charge in [-0.15, -0.1) is 12.4 Å². The van der Waals surface area contributed by atoms with E-state index in [4.69, 9.17) is 14.4 Å². The Morgan fingerprint density at radius 1 is 0.839 bits per heavy atom.